The van der Waals surface area contributed by atoms with Crippen molar-refractivity contribution in [2.24, 2.45) is 0 Å². The van der Waals surface area contributed by atoms with E-state index >= 15 is 0 Å². The molecule has 0 unspecified atom stereocenters. The molecule has 110 valence electrons. The largest absolute Gasteiger partial charge is 0.493 e. The second-order valence-electron chi connectivity index (χ2n) is 4.75. The van der Waals surface area contributed by atoms with Gasteiger partial charge in [-0.3, -0.25) is 0 Å². The van der Waals surface area contributed by atoms with E-state index in [1.54, 1.807) is 7.11 Å². The topological polar surface area (TPSA) is 54.3 Å². The Morgan fingerprint density at radius 1 is 1.40 bits per heavy atom. The Morgan fingerprint density at radius 3 is 2.75 bits per heavy atom. The molecule has 5 heteroatoms. The third-order valence-electron chi connectivity index (χ3n) is 2.68. The number of nitriles is 1. The second-order valence-corrected chi connectivity index (χ2v) is 5.16. The standard InChI is InChI=1S/C15H21ClN2O2/c1-11(2)18-10-12-8-13(16)15(14(9-12)19-3)20-7-5-4-6-17/h8-9,11,18H,4-5,7,10H2,1-3H3. The predicted octanol–water partition coefficient (Wildman–Crippen LogP) is 3.53. The van der Waals surface area contributed by atoms with Gasteiger partial charge in [-0.15, -0.1) is 0 Å². The summed E-state index contributed by atoms with van der Waals surface area (Å²) in [5.41, 5.74) is 1.05. The van der Waals surface area contributed by atoms with Crippen molar-refractivity contribution in [2.45, 2.75) is 39.3 Å². The SMILES string of the molecule is COc1cc(CNC(C)C)cc(Cl)c1OCCCC#N. The van der Waals surface area contributed by atoms with E-state index < -0.39 is 0 Å². The third kappa shape index (κ3) is 5.28. The quantitative estimate of drug-likeness (QED) is 0.746. The maximum atomic E-state index is 8.50. The Morgan fingerprint density at radius 2 is 2.15 bits per heavy atom. The van der Waals surface area contributed by atoms with Gasteiger partial charge in [0.05, 0.1) is 24.8 Å². The van der Waals surface area contributed by atoms with Gasteiger partial charge in [-0.1, -0.05) is 25.4 Å². The number of benzene rings is 1. The first kappa shape index (κ1) is 16.6. The molecule has 0 bridgehead atoms. The van der Waals surface area contributed by atoms with Crippen LogP contribution in [-0.2, 0) is 6.54 Å². The fourth-order valence-electron chi connectivity index (χ4n) is 1.66. The number of nitrogens with zero attached hydrogens (tertiary/aromatic N) is 1. The van der Waals surface area contributed by atoms with Crippen molar-refractivity contribution in [1.82, 2.24) is 5.32 Å². The minimum absolute atomic E-state index is 0.404. The highest BCUT2D eigenvalue weighted by atomic mass is 35.5. The van der Waals surface area contributed by atoms with E-state index in [4.69, 9.17) is 26.3 Å². The molecule has 1 rings (SSSR count). The fourth-order valence-corrected chi connectivity index (χ4v) is 1.95. The van der Waals surface area contributed by atoms with Gasteiger partial charge in [0.15, 0.2) is 11.5 Å². The zero-order valence-corrected chi connectivity index (χ0v) is 13.0. The maximum absolute atomic E-state index is 8.50. The highest BCUT2D eigenvalue weighted by Crippen LogP contribution is 2.36. The Hall–Kier alpha value is -1.44. The minimum atomic E-state index is 0.404. The van der Waals surface area contributed by atoms with Crippen LogP contribution in [0.5, 0.6) is 11.5 Å². The zero-order valence-electron chi connectivity index (χ0n) is 12.2. The number of ether oxygens (including phenoxy) is 2. The zero-order chi connectivity index (χ0) is 15.0. The van der Waals surface area contributed by atoms with Crippen LogP contribution in [0.4, 0.5) is 0 Å². The molecule has 4 nitrogen and oxygen atoms in total. The molecule has 1 aromatic carbocycles. The van der Waals surface area contributed by atoms with Gasteiger partial charge >= 0.3 is 0 Å². The van der Waals surface area contributed by atoms with Crippen LogP contribution >= 0.6 is 11.6 Å². The normalized spacial score (nSPS) is 10.4. The van der Waals surface area contributed by atoms with Crippen LogP contribution in [0.1, 0.15) is 32.3 Å². The number of halogens is 1. The van der Waals surface area contributed by atoms with E-state index in [0.717, 1.165) is 12.1 Å². The van der Waals surface area contributed by atoms with Crippen LogP contribution in [0.2, 0.25) is 5.02 Å². The summed E-state index contributed by atoms with van der Waals surface area (Å²) in [5, 5.41) is 12.4. The van der Waals surface area contributed by atoms with Crippen LogP contribution in [0.25, 0.3) is 0 Å². The van der Waals surface area contributed by atoms with E-state index in [9.17, 15) is 0 Å². The molecule has 0 aliphatic heterocycles. The lowest BCUT2D eigenvalue weighted by Crippen LogP contribution is -2.21. The molecule has 1 aromatic rings. The summed E-state index contributed by atoms with van der Waals surface area (Å²) < 4.78 is 10.9. The lowest BCUT2D eigenvalue weighted by atomic mass is 10.2. The Labute approximate surface area is 125 Å². The molecule has 0 saturated heterocycles. The van der Waals surface area contributed by atoms with Crippen LogP contribution < -0.4 is 14.8 Å². The van der Waals surface area contributed by atoms with Crippen molar-refractivity contribution in [3.8, 4) is 17.6 Å². The van der Waals surface area contributed by atoms with Crippen LogP contribution in [-0.4, -0.2) is 19.8 Å². The molecule has 0 aliphatic rings. The summed E-state index contributed by atoms with van der Waals surface area (Å²) in [6.45, 7) is 5.35. The first-order chi connectivity index (χ1) is 9.58. The molecule has 20 heavy (non-hydrogen) atoms. The van der Waals surface area contributed by atoms with Crippen molar-refractivity contribution < 1.29 is 9.47 Å². The molecule has 0 aromatic heterocycles. The van der Waals surface area contributed by atoms with Gasteiger partial charge in [0.2, 0.25) is 0 Å². The van der Waals surface area contributed by atoms with Crippen molar-refractivity contribution in [3.05, 3.63) is 22.7 Å². The molecule has 0 saturated carbocycles. The summed E-state index contributed by atoms with van der Waals surface area (Å²) in [5.74, 6) is 1.16. The molecular formula is C15H21ClN2O2. The molecule has 0 fully saturated rings. The number of unbranched alkanes of at least 4 members (excludes halogenated alkanes) is 1. The maximum Gasteiger partial charge on any atom is 0.179 e. The molecule has 0 aliphatic carbocycles. The average molecular weight is 297 g/mol. The molecule has 0 atom stereocenters. The van der Waals surface area contributed by atoms with E-state index in [1.165, 1.54) is 0 Å². The first-order valence-corrected chi connectivity index (χ1v) is 7.05. The monoisotopic (exact) mass is 296 g/mol. The Balaban J connectivity index is 2.77. The molecule has 0 spiro atoms. The summed E-state index contributed by atoms with van der Waals surface area (Å²) in [6, 6.07) is 6.28. The van der Waals surface area contributed by atoms with E-state index in [2.05, 4.69) is 25.2 Å². The van der Waals surface area contributed by atoms with Gasteiger partial charge in [0.1, 0.15) is 0 Å². The molecular weight excluding hydrogens is 276 g/mol. The van der Waals surface area contributed by atoms with E-state index in [0.29, 0.717) is 42.0 Å². The van der Waals surface area contributed by atoms with Crippen LogP contribution in [0, 0.1) is 11.3 Å². The number of methoxy groups -OCH3 is 1. The van der Waals surface area contributed by atoms with Gasteiger partial charge in [-0.25, -0.2) is 0 Å². The molecule has 0 heterocycles. The smallest absolute Gasteiger partial charge is 0.179 e. The van der Waals surface area contributed by atoms with Gasteiger partial charge in [0.25, 0.3) is 0 Å². The summed E-state index contributed by atoms with van der Waals surface area (Å²) >= 11 is 6.24. The summed E-state index contributed by atoms with van der Waals surface area (Å²) in [4.78, 5) is 0. The molecule has 0 amide bonds. The van der Waals surface area contributed by atoms with Gasteiger partial charge in [-0.05, 0) is 24.1 Å². The number of hydrogen-bond acceptors (Lipinski definition) is 4. The lowest BCUT2D eigenvalue weighted by Gasteiger charge is -2.15. The number of hydrogen-bond donors (Lipinski definition) is 1. The van der Waals surface area contributed by atoms with Crippen molar-refractivity contribution >= 4 is 11.6 Å². The molecule has 0 radical (unpaired) electrons. The van der Waals surface area contributed by atoms with Crippen molar-refractivity contribution in [1.29, 1.82) is 5.26 Å². The first-order valence-electron chi connectivity index (χ1n) is 6.68. The number of rotatable bonds is 8. The third-order valence-corrected chi connectivity index (χ3v) is 2.96. The average Bonchev–Trinajstić information content (AvgIpc) is 2.42. The van der Waals surface area contributed by atoms with Gasteiger partial charge in [0, 0.05) is 19.0 Å². The minimum Gasteiger partial charge on any atom is -0.493 e. The number of nitrogens with one attached hydrogen (secondary N) is 1. The molecule has 1 N–H and O–H groups in total. The second kappa shape index (κ2) is 8.68. The Kier molecular flexibility index (Phi) is 7.21. The van der Waals surface area contributed by atoms with Crippen molar-refractivity contribution in [2.75, 3.05) is 13.7 Å². The van der Waals surface area contributed by atoms with E-state index in [1.807, 2.05) is 12.1 Å². The highest BCUT2D eigenvalue weighted by molar-refractivity contribution is 6.32. The highest BCUT2D eigenvalue weighted by Gasteiger charge is 2.12. The Bertz CT molecular complexity index is 470. The summed E-state index contributed by atoms with van der Waals surface area (Å²) in [7, 11) is 1.59. The van der Waals surface area contributed by atoms with Crippen molar-refractivity contribution in [3.63, 3.8) is 0 Å². The van der Waals surface area contributed by atoms with E-state index in [-0.39, 0.29) is 0 Å². The summed E-state index contributed by atoms with van der Waals surface area (Å²) in [6.07, 6.45) is 1.14. The predicted molar refractivity (Wildman–Crippen MR) is 80.3 cm³/mol. The van der Waals surface area contributed by atoms with Crippen LogP contribution in [0.3, 0.4) is 0 Å². The van der Waals surface area contributed by atoms with Crippen LogP contribution in [0.15, 0.2) is 12.1 Å². The van der Waals surface area contributed by atoms with Gasteiger partial charge < -0.3 is 14.8 Å². The fraction of sp³-hybridized carbons (Fsp3) is 0.533. The van der Waals surface area contributed by atoms with Gasteiger partial charge in [-0.2, -0.15) is 5.26 Å². The lowest BCUT2D eigenvalue weighted by molar-refractivity contribution is 0.290.